The maximum Gasteiger partial charge on any atom is 0.428 e. The van der Waals surface area contributed by atoms with E-state index in [1.165, 1.54) is 19.4 Å². The average molecular weight is 418 g/mol. The first kappa shape index (κ1) is 22.8. The van der Waals surface area contributed by atoms with Crippen molar-refractivity contribution in [2.45, 2.75) is 39.9 Å². The highest BCUT2D eigenvalue weighted by Crippen LogP contribution is 2.29. The molecule has 0 radical (unpaired) electrons. The van der Waals surface area contributed by atoms with Crippen molar-refractivity contribution in [1.82, 2.24) is 5.43 Å². The van der Waals surface area contributed by atoms with E-state index in [0.29, 0.717) is 29.4 Å². The van der Waals surface area contributed by atoms with Crippen LogP contribution < -0.4 is 14.9 Å². The van der Waals surface area contributed by atoms with Gasteiger partial charge in [-0.15, -0.1) is 0 Å². The highest BCUT2D eigenvalue weighted by atomic mass is 16.6. The van der Waals surface area contributed by atoms with Gasteiger partial charge in [0.15, 0.2) is 11.5 Å². The van der Waals surface area contributed by atoms with Crippen LogP contribution in [0.15, 0.2) is 39.9 Å². The third-order valence-corrected chi connectivity index (χ3v) is 3.45. The van der Waals surface area contributed by atoms with E-state index in [1.54, 1.807) is 45.0 Å². The summed E-state index contributed by atoms with van der Waals surface area (Å²) in [6.45, 7) is 7.68. The Morgan fingerprint density at radius 1 is 1.13 bits per heavy atom. The van der Waals surface area contributed by atoms with Crippen molar-refractivity contribution in [1.29, 1.82) is 0 Å². The second-order valence-corrected chi connectivity index (χ2v) is 7.06. The van der Waals surface area contributed by atoms with Gasteiger partial charge in [0.05, 0.1) is 19.9 Å². The number of carbonyl (C=O) groups is 2. The molecule has 0 bridgehead atoms. The van der Waals surface area contributed by atoms with Gasteiger partial charge in [0.2, 0.25) is 5.76 Å². The molecule has 1 aromatic carbocycles. The molecule has 1 amide bonds. The Morgan fingerprint density at radius 3 is 2.57 bits per heavy atom. The third-order valence-electron chi connectivity index (χ3n) is 3.45. The molecule has 0 atom stereocenters. The molecule has 0 saturated carbocycles. The minimum atomic E-state index is -0.645. The topological polar surface area (TPSA) is 109 Å². The second-order valence-electron chi connectivity index (χ2n) is 7.06. The van der Waals surface area contributed by atoms with E-state index < -0.39 is 17.7 Å². The quantitative estimate of drug-likeness (QED) is 0.393. The average Bonchev–Trinajstić information content (AvgIpc) is 3.14. The van der Waals surface area contributed by atoms with Crippen LogP contribution in [-0.2, 0) is 16.1 Å². The number of carbonyl (C=O) groups excluding carboxylic acids is 2. The van der Waals surface area contributed by atoms with Crippen LogP contribution in [0.2, 0.25) is 0 Å². The molecule has 1 aromatic heterocycles. The van der Waals surface area contributed by atoms with Gasteiger partial charge in [-0.3, -0.25) is 0 Å². The summed E-state index contributed by atoms with van der Waals surface area (Å²) in [5.74, 6) is 0.999. The van der Waals surface area contributed by atoms with Crippen LogP contribution in [0.5, 0.6) is 11.5 Å². The van der Waals surface area contributed by atoms with E-state index in [-0.39, 0.29) is 12.4 Å². The van der Waals surface area contributed by atoms with Crippen molar-refractivity contribution in [3.05, 3.63) is 47.4 Å². The Hall–Kier alpha value is -3.49. The number of nitrogens with one attached hydrogen (secondary N) is 1. The third kappa shape index (κ3) is 7.16. The number of rotatable bonds is 8. The molecular formula is C21H26N2O7. The molecule has 162 valence electrons. The number of hydrogen-bond donors (Lipinski definition) is 1. The van der Waals surface area contributed by atoms with Crippen LogP contribution in [0.4, 0.5) is 4.79 Å². The first-order chi connectivity index (χ1) is 14.2. The Labute approximate surface area is 174 Å². The van der Waals surface area contributed by atoms with Crippen molar-refractivity contribution >= 4 is 18.3 Å². The second kappa shape index (κ2) is 10.3. The van der Waals surface area contributed by atoms with Gasteiger partial charge in [0, 0.05) is 0 Å². The minimum absolute atomic E-state index is 0.102. The van der Waals surface area contributed by atoms with E-state index in [2.05, 4.69) is 15.3 Å². The maximum atomic E-state index is 11.6. The lowest BCUT2D eigenvalue weighted by atomic mass is 10.2. The lowest BCUT2D eigenvalue weighted by Gasteiger charge is -2.18. The van der Waals surface area contributed by atoms with Crippen LogP contribution in [-0.4, -0.2) is 37.6 Å². The van der Waals surface area contributed by atoms with Crippen molar-refractivity contribution < 1.29 is 33.0 Å². The molecule has 9 heteroatoms. The molecule has 0 fully saturated rings. The van der Waals surface area contributed by atoms with E-state index in [0.717, 1.165) is 0 Å². The molecule has 0 aliphatic rings. The summed E-state index contributed by atoms with van der Waals surface area (Å²) in [6, 6.07) is 8.34. The zero-order valence-corrected chi connectivity index (χ0v) is 17.7. The Kier molecular flexibility index (Phi) is 7.85. The Balaban J connectivity index is 2.02. The van der Waals surface area contributed by atoms with Gasteiger partial charge in [-0.05, 0) is 63.6 Å². The first-order valence-electron chi connectivity index (χ1n) is 9.30. The number of benzene rings is 1. The molecule has 9 nitrogen and oxygen atoms in total. The lowest BCUT2D eigenvalue weighted by Crippen LogP contribution is -2.29. The predicted octanol–water partition coefficient (Wildman–Crippen LogP) is 3.90. The summed E-state index contributed by atoms with van der Waals surface area (Å²) >= 11 is 0. The van der Waals surface area contributed by atoms with Crippen molar-refractivity contribution in [2.24, 2.45) is 5.10 Å². The largest absolute Gasteiger partial charge is 0.490 e. The highest BCUT2D eigenvalue weighted by Gasteiger charge is 2.15. The summed E-state index contributed by atoms with van der Waals surface area (Å²) < 4.78 is 26.5. The van der Waals surface area contributed by atoms with Gasteiger partial charge >= 0.3 is 12.1 Å². The summed E-state index contributed by atoms with van der Waals surface area (Å²) in [5.41, 5.74) is 2.39. The molecule has 2 rings (SSSR count). The van der Waals surface area contributed by atoms with Gasteiger partial charge in [-0.25, -0.2) is 15.0 Å². The number of amides is 1. The fraction of sp³-hybridized carbons (Fsp3) is 0.381. The van der Waals surface area contributed by atoms with Crippen molar-refractivity contribution in [3.8, 4) is 11.5 Å². The van der Waals surface area contributed by atoms with Crippen LogP contribution in [0, 0.1) is 0 Å². The fourth-order valence-corrected chi connectivity index (χ4v) is 2.27. The summed E-state index contributed by atoms with van der Waals surface area (Å²) in [7, 11) is 1.28. The normalized spacial score (nSPS) is 11.2. The number of methoxy groups -OCH3 is 1. The van der Waals surface area contributed by atoms with Gasteiger partial charge in [-0.2, -0.15) is 5.10 Å². The monoisotopic (exact) mass is 418 g/mol. The highest BCUT2D eigenvalue weighted by molar-refractivity contribution is 5.86. The minimum Gasteiger partial charge on any atom is -0.490 e. The standard InChI is InChI=1S/C21H26N2O7/c1-6-27-18-11-14(12-22-23-20(25)30-21(2,3)4)7-9-16(18)28-13-15-8-10-17(29-15)19(24)26-5/h7-12H,6,13H2,1-5H3,(H,23,25). The van der Waals surface area contributed by atoms with E-state index >= 15 is 0 Å². The molecule has 0 saturated heterocycles. The summed E-state index contributed by atoms with van der Waals surface area (Å²) in [4.78, 5) is 23.1. The number of nitrogens with zero attached hydrogens (tertiary/aromatic N) is 1. The molecular weight excluding hydrogens is 392 g/mol. The Bertz CT molecular complexity index is 897. The molecule has 0 spiro atoms. The fourth-order valence-electron chi connectivity index (χ4n) is 2.27. The number of esters is 1. The molecule has 0 unspecified atom stereocenters. The maximum absolute atomic E-state index is 11.6. The van der Waals surface area contributed by atoms with E-state index in [1.807, 2.05) is 6.92 Å². The molecule has 0 aliphatic heterocycles. The molecule has 30 heavy (non-hydrogen) atoms. The molecule has 1 heterocycles. The van der Waals surface area contributed by atoms with Crippen molar-refractivity contribution in [2.75, 3.05) is 13.7 Å². The van der Waals surface area contributed by atoms with Crippen molar-refractivity contribution in [3.63, 3.8) is 0 Å². The van der Waals surface area contributed by atoms with Gasteiger partial charge in [0.25, 0.3) is 0 Å². The van der Waals surface area contributed by atoms with Crippen LogP contribution in [0.25, 0.3) is 0 Å². The van der Waals surface area contributed by atoms with E-state index in [4.69, 9.17) is 18.6 Å². The van der Waals surface area contributed by atoms with Crippen LogP contribution in [0.1, 0.15) is 49.6 Å². The predicted molar refractivity (Wildman–Crippen MR) is 109 cm³/mol. The molecule has 1 N–H and O–H groups in total. The van der Waals surface area contributed by atoms with E-state index in [9.17, 15) is 9.59 Å². The summed E-state index contributed by atoms with van der Waals surface area (Å²) in [6.07, 6.45) is 0.819. The summed E-state index contributed by atoms with van der Waals surface area (Å²) in [5, 5.41) is 3.87. The number of hydrazone groups is 1. The SMILES string of the molecule is CCOc1cc(C=NNC(=O)OC(C)(C)C)ccc1OCc1ccc(C(=O)OC)o1. The number of ether oxygens (including phenoxy) is 4. The van der Waals surface area contributed by atoms with Gasteiger partial charge < -0.3 is 23.4 Å². The van der Waals surface area contributed by atoms with Gasteiger partial charge in [0.1, 0.15) is 18.0 Å². The first-order valence-corrected chi connectivity index (χ1v) is 9.30. The number of hydrogen-bond acceptors (Lipinski definition) is 8. The van der Waals surface area contributed by atoms with Crippen LogP contribution in [0.3, 0.4) is 0 Å². The Morgan fingerprint density at radius 2 is 1.90 bits per heavy atom. The smallest absolute Gasteiger partial charge is 0.428 e. The van der Waals surface area contributed by atoms with Crippen LogP contribution >= 0.6 is 0 Å². The zero-order valence-electron chi connectivity index (χ0n) is 17.7. The lowest BCUT2D eigenvalue weighted by molar-refractivity contribution is 0.0527. The molecule has 0 aliphatic carbocycles. The zero-order chi connectivity index (χ0) is 22.1. The number of furan rings is 1. The van der Waals surface area contributed by atoms with Gasteiger partial charge in [-0.1, -0.05) is 0 Å². The molecule has 2 aromatic rings.